The number of esters is 1. The molecular weight excluding hydrogens is 567 g/mol. The second-order valence-corrected chi connectivity index (χ2v) is 11.7. The summed E-state index contributed by atoms with van der Waals surface area (Å²) < 4.78 is 50.0. The molecule has 0 radical (unpaired) electrons. The Bertz CT molecular complexity index is 1720. The Morgan fingerprint density at radius 2 is 1.45 bits per heavy atom. The van der Waals surface area contributed by atoms with Crippen LogP contribution in [-0.4, -0.2) is 42.3 Å². The van der Waals surface area contributed by atoms with Crippen LogP contribution in [0.3, 0.4) is 0 Å². The Morgan fingerprint density at radius 1 is 0.818 bits per heavy atom. The third-order valence-electron chi connectivity index (χ3n) is 7.44. The van der Waals surface area contributed by atoms with Crippen LogP contribution < -0.4 is 0 Å². The maximum absolute atomic E-state index is 13.1. The Kier molecular flexibility index (Phi) is 8.55. The van der Waals surface area contributed by atoms with Crippen molar-refractivity contribution < 1.29 is 32.2 Å². The fourth-order valence-electron chi connectivity index (χ4n) is 5.26. The first kappa shape index (κ1) is 30.9. The van der Waals surface area contributed by atoms with E-state index in [1.807, 2.05) is 75.4 Å². The highest BCUT2D eigenvalue weighted by Gasteiger charge is 2.30. The van der Waals surface area contributed by atoms with Gasteiger partial charge in [0.05, 0.1) is 17.7 Å². The van der Waals surface area contributed by atoms with Crippen molar-refractivity contribution in [1.29, 1.82) is 0 Å². The predicted molar refractivity (Wildman–Crippen MR) is 166 cm³/mol. The Morgan fingerprint density at radius 3 is 2.05 bits per heavy atom. The van der Waals surface area contributed by atoms with E-state index < -0.39 is 23.3 Å². The molecule has 0 unspecified atom stereocenters. The van der Waals surface area contributed by atoms with E-state index in [1.54, 1.807) is 17.9 Å². The van der Waals surface area contributed by atoms with Gasteiger partial charge in [-0.2, -0.15) is 13.2 Å². The molecule has 1 aliphatic rings. The number of halogens is 3. The number of fused-ring (bicyclic) bond motifs is 1. The van der Waals surface area contributed by atoms with Gasteiger partial charge in [-0.05, 0) is 109 Å². The molecule has 5 rings (SSSR count). The molecule has 44 heavy (non-hydrogen) atoms. The fraction of sp³-hybridized carbons (Fsp3) is 0.278. The number of carbonyl (C=O) groups is 2. The number of ether oxygens (including phenoxy) is 2. The molecule has 1 amide bonds. The number of benzene rings is 4. The number of amides is 1. The first-order valence-electron chi connectivity index (χ1n) is 14.5. The number of hydrogen-bond acceptors (Lipinski definition) is 4. The van der Waals surface area contributed by atoms with Crippen LogP contribution in [0.15, 0.2) is 84.9 Å². The Hall–Kier alpha value is -4.59. The van der Waals surface area contributed by atoms with E-state index in [-0.39, 0.29) is 12.7 Å². The van der Waals surface area contributed by atoms with Gasteiger partial charge in [0.15, 0.2) is 0 Å². The van der Waals surface area contributed by atoms with Crippen molar-refractivity contribution in [2.45, 2.75) is 45.9 Å². The van der Waals surface area contributed by atoms with Gasteiger partial charge in [-0.15, -0.1) is 0 Å². The SMILES string of the molecule is CCOC(=O)c1cc(-c2ccc(C3=CCN(C(=O)OC(C)(C)C)CC3)cc2)c2ccc(-c3ccc(C(F)(F)F)cc3)cc2c1. The summed E-state index contributed by atoms with van der Waals surface area (Å²) in [5.74, 6) is -0.450. The van der Waals surface area contributed by atoms with Gasteiger partial charge in [-0.1, -0.05) is 54.6 Å². The van der Waals surface area contributed by atoms with Crippen molar-refractivity contribution in [2.24, 2.45) is 0 Å². The maximum Gasteiger partial charge on any atom is 0.416 e. The predicted octanol–water partition coefficient (Wildman–Crippen LogP) is 9.39. The smallest absolute Gasteiger partial charge is 0.416 e. The quantitative estimate of drug-likeness (QED) is 0.214. The molecule has 1 aliphatic heterocycles. The number of alkyl halides is 3. The Balaban J connectivity index is 1.46. The van der Waals surface area contributed by atoms with Crippen LogP contribution in [-0.2, 0) is 15.7 Å². The van der Waals surface area contributed by atoms with Crippen LogP contribution in [0.5, 0.6) is 0 Å². The van der Waals surface area contributed by atoms with Crippen molar-refractivity contribution in [1.82, 2.24) is 4.90 Å². The monoisotopic (exact) mass is 601 g/mol. The average Bonchev–Trinajstić information content (AvgIpc) is 2.99. The van der Waals surface area contributed by atoms with Crippen molar-refractivity contribution in [3.63, 3.8) is 0 Å². The van der Waals surface area contributed by atoms with E-state index >= 15 is 0 Å². The van der Waals surface area contributed by atoms with Crippen LogP contribution >= 0.6 is 0 Å². The third-order valence-corrected chi connectivity index (χ3v) is 7.44. The molecule has 0 N–H and O–H groups in total. The molecule has 0 spiro atoms. The van der Waals surface area contributed by atoms with Gasteiger partial charge in [0, 0.05) is 13.1 Å². The van der Waals surface area contributed by atoms with E-state index in [2.05, 4.69) is 0 Å². The summed E-state index contributed by atoms with van der Waals surface area (Å²) in [6.45, 7) is 8.56. The lowest BCUT2D eigenvalue weighted by atomic mass is 9.91. The van der Waals surface area contributed by atoms with Crippen LogP contribution in [0.1, 0.15) is 55.6 Å². The average molecular weight is 602 g/mol. The summed E-state index contributed by atoms with van der Waals surface area (Å²) in [7, 11) is 0. The minimum absolute atomic E-state index is 0.229. The van der Waals surface area contributed by atoms with Gasteiger partial charge in [0.2, 0.25) is 0 Å². The topological polar surface area (TPSA) is 55.8 Å². The van der Waals surface area contributed by atoms with Crippen molar-refractivity contribution in [3.05, 3.63) is 102 Å². The number of carbonyl (C=O) groups excluding carboxylic acids is 2. The van der Waals surface area contributed by atoms with E-state index in [4.69, 9.17) is 9.47 Å². The van der Waals surface area contributed by atoms with Gasteiger partial charge >= 0.3 is 18.2 Å². The van der Waals surface area contributed by atoms with Gasteiger partial charge in [0.1, 0.15) is 5.60 Å². The number of rotatable bonds is 5. The van der Waals surface area contributed by atoms with Gasteiger partial charge in [-0.3, -0.25) is 0 Å². The largest absolute Gasteiger partial charge is 0.462 e. The second-order valence-electron chi connectivity index (χ2n) is 11.7. The van der Waals surface area contributed by atoms with E-state index in [9.17, 15) is 22.8 Å². The lowest BCUT2D eigenvalue weighted by Gasteiger charge is -2.29. The zero-order valence-corrected chi connectivity index (χ0v) is 25.1. The summed E-state index contributed by atoms with van der Waals surface area (Å²) in [5, 5.41) is 1.66. The molecule has 4 aromatic carbocycles. The van der Waals surface area contributed by atoms with Crippen LogP contribution in [0.2, 0.25) is 0 Å². The lowest BCUT2D eigenvalue weighted by molar-refractivity contribution is -0.137. The second kappa shape index (κ2) is 12.2. The summed E-state index contributed by atoms with van der Waals surface area (Å²) >= 11 is 0. The third kappa shape index (κ3) is 6.96. The summed E-state index contributed by atoms with van der Waals surface area (Å²) in [5.41, 5.74) is 4.44. The molecule has 228 valence electrons. The Labute approximate surface area is 254 Å². The summed E-state index contributed by atoms with van der Waals surface area (Å²) in [4.78, 5) is 26.9. The maximum atomic E-state index is 13.1. The van der Waals surface area contributed by atoms with Crippen LogP contribution in [0.4, 0.5) is 18.0 Å². The number of nitrogens with zero attached hydrogens (tertiary/aromatic N) is 1. The first-order valence-corrected chi connectivity index (χ1v) is 14.5. The highest BCUT2D eigenvalue weighted by Crippen LogP contribution is 2.36. The molecule has 0 aliphatic carbocycles. The molecule has 0 saturated carbocycles. The van der Waals surface area contributed by atoms with Crippen molar-refractivity contribution in [3.8, 4) is 22.3 Å². The zero-order chi connectivity index (χ0) is 31.6. The molecular formula is C36H34F3NO4. The van der Waals surface area contributed by atoms with E-state index in [0.29, 0.717) is 30.6 Å². The molecule has 1 heterocycles. The normalized spacial score (nSPS) is 13.9. The molecule has 0 saturated heterocycles. The summed E-state index contributed by atoms with van der Waals surface area (Å²) in [6.07, 6.45) is -1.98. The minimum atomic E-state index is -4.41. The first-order chi connectivity index (χ1) is 20.8. The van der Waals surface area contributed by atoms with E-state index in [1.165, 1.54) is 12.1 Å². The summed E-state index contributed by atoms with van der Waals surface area (Å²) in [6, 6.07) is 22.3. The molecule has 0 bridgehead atoms. The molecule has 8 heteroatoms. The van der Waals surface area contributed by atoms with E-state index in [0.717, 1.165) is 50.7 Å². The fourth-order valence-corrected chi connectivity index (χ4v) is 5.26. The van der Waals surface area contributed by atoms with Gasteiger partial charge in [0.25, 0.3) is 0 Å². The standard InChI is InChI=1S/C36H34F3NO4/c1-5-43-33(41)29-21-28-20-27(24-10-13-30(14-11-24)36(37,38)39)12-15-31(28)32(22-29)26-8-6-23(7-9-26)25-16-18-40(19-17-25)34(42)44-35(2,3)4/h6-16,20-22H,5,17-19H2,1-4H3. The molecule has 0 fully saturated rings. The zero-order valence-electron chi connectivity index (χ0n) is 25.1. The molecule has 0 atom stereocenters. The van der Waals surface area contributed by atoms with Crippen LogP contribution in [0.25, 0.3) is 38.6 Å². The van der Waals surface area contributed by atoms with Crippen molar-refractivity contribution in [2.75, 3.05) is 19.7 Å². The molecule has 0 aromatic heterocycles. The highest BCUT2D eigenvalue weighted by atomic mass is 19.4. The molecule has 4 aromatic rings. The molecule has 5 nitrogen and oxygen atoms in total. The highest BCUT2D eigenvalue weighted by molar-refractivity contribution is 6.04. The van der Waals surface area contributed by atoms with Crippen LogP contribution in [0, 0.1) is 0 Å². The van der Waals surface area contributed by atoms with Gasteiger partial charge < -0.3 is 14.4 Å². The minimum Gasteiger partial charge on any atom is -0.462 e. The number of hydrogen-bond donors (Lipinski definition) is 0. The van der Waals surface area contributed by atoms with Gasteiger partial charge in [-0.25, -0.2) is 9.59 Å². The van der Waals surface area contributed by atoms with Crippen molar-refractivity contribution >= 4 is 28.4 Å². The lowest BCUT2D eigenvalue weighted by Crippen LogP contribution is -2.39.